The number of hydrogen-bond donors (Lipinski definition) is 1. The molecule has 2 rings (SSSR count). The standard InChI is InChI=1S/C9H17NO/c1-10-6-5-9(7-11)4-2-3-8(9)10/h8,11H,2-7H2,1H3/t8-,9-/m1/s1. The van der Waals surface area contributed by atoms with E-state index in [0.717, 1.165) is 0 Å². The molecule has 0 bridgehead atoms. The molecule has 64 valence electrons. The Morgan fingerprint density at radius 2 is 2.36 bits per heavy atom. The van der Waals surface area contributed by atoms with E-state index in [0.29, 0.717) is 18.1 Å². The predicted octanol–water partition coefficient (Wildman–Crippen LogP) is 0.853. The summed E-state index contributed by atoms with van der Waals surface area (Å²) < 4.78 is 0. The summed E-state index contributed by atoms with van der Waals surface area (Å²) >= 11 is 0. The maximum absolute atomic E-state index is 9.32. The number of rotatable bonds is 1. The van der Waals surface area contributed by atoms with E-state index in [1.54, 1.807) is 0 Å². The van der Waals surface area contributed by atoms with Crippen molar-refractivity contribution in [3.05, 3.63) is 0 Å². The Kier molecular flexibility index (Phi) is 1.69. The molecule has 2 nitrogen and oxygen atoms in total. The van der Waals surface area contributed by atoms with Gasteiger partial charge in [-0.05, 0) is 32.9 Å². The van der Waals surface area contributed by atoms with Gasteiger partial charge in [0.2, 0.25) is 0 Å². The van der Waals surface area contributed by atoms with Crippen LogP contribution in [0, 0.1) is 5.41 Å². The minimum absolute atomic E-state index is 0.300. The molecule has 0 aromatic rings. The molecule has 1 heterocycles. The van der Waals surface area contributed by atoms with E-state index in [9.17, 15) is 5.11 Å². The van der Waals surface area contributed by atoms with Crippen LogP contribution in [0.1, 0.15) is 25.7 Å². The van der Waals surface area contributed by atoms with E-state index in [1.807, 2.05) is 0 Å². The summed E-state index contributed by atoms with van der Waals surface area (Å²) in [4.78, 5) is 2.42. The fourth-order valence-electron chi connectivity index (χ4n) is 2.92. The first-order valence-corrected chi connectivity index (χ1v) is 4.60. The molecule has 2 fully saturated rings. The highest BCUT2D eigenvalue weighted by Crippen LogP contribution is 2.47. The smallest absolute Gasteiger partial charge is 0.0502 e. The first-order valence-electron chi connectivity index (χ1n) is 4.60. The zero-order chi connectivity index (χ0) is 7.90. The van der Waals surface area contributed by atoms with Crippen molar-refractivity contribution in [1.82, 2.24) is 4.90 Å². The van der Waals surface area contributed by atoms with Crippen LogP contribution in [0.25, 0.3) is 0 Å². The minimum atomic E-state index is 0.300. The quantitative estimate of drug-likeness (QED) is 0.607. The first-order chi connectivity index (χ1) is 5.28. The molecule has 0 unspecified atom stereocenters. The van der Waals surface area contributed by atoms with Crippen molar-refractivity contribution in [3.8, 4) is 0 Å². The van der Waals surface area contributed by atoms with Gasteiger partial charge >= 0.3 is 0 Å². The number of fused-ring (bicyclic) bond motifs is 1. The molecule has 1 N–H and O–H groups in total. The Morgan fingerprint density at radius 1 is 1.55 bits per heavy atom. The summed E-state index contributed by atoms with van der Waals surface area (Å²) in [5.74, 6) is 0. The van der Waals surface area contributed by atoms with Gasteiger partial charge in [0.25, 0.3) is 0 Å². The van der Waals surface area contributed by atoms with Crippen LogP contribution in [0.15, 0.2) is 0 Å². The molecule has 1 saturated carbocycles. The van der Waals surface area contributed by atoms with Crippen LogP contribution in [-0.4, -0.2) is 36.2 Å². The highest BCUT2D eigenvalue weighted by atomic mass is 16.3. The molecule has 2 atom stereocenters. The molecule has 0 aromatic heterocycles. The van der Waals surface area contributed by atoms with Crippen molar-refractivity contribution in [1.29, 1.82) is 0 Å². The van der Waals surface area contributed by atoms with Gasteiger partial charge < -0.3 is 10.0 Å². The summed E-state index contributed by atoms with van der Waals surface area (Å²) in [5, 5.41) is 9.32. The average Bonchev–Trinajstić information content (AvgIpc) is 2.53. The highest BCUT2D eigenvalue weighted by Gasteiger charge is 2.48. The van der Waals surface area contributed by atoms with Gasteiger partial charge in [-0.25, -0.2) is 0 Å². The summed E-state index contributed by atoms with van der Waals surface area (Å²) in [7, 11) is 2.19. The van der Waals surface area contributed by atoms with Crippen LogP contribution in [0.2, 0.25) is 0 Å². The topological polar surface area (TPSA) is 23.5 Å². The second kappa shape index (κ2) is 2.46. The fraction of sp³-hybridized carbons (Fsp3) is 1.00. The average molecular weight is 155 g/mol. The molecule has 0 radical (unpaired) electrons. The second-order valence-corrected chi connectivity index (χ2v) is 4.16. The maximum Gasteiger partial charge on any atom is 0.0502 e. The third-order valence-corrected chi connectivity index (χ3v) is 3.67. The maximum atomic E-state index is 9.32. The molecular formula is C9H17NO. The largest absolute Gasteiger partial charge is 0.396 e. The van der Waals surface area contributed by atoms with Gasteiger partial charge in [-0.1, -0.05) is 6.42 Å². The summed E-state index contributed by atoms with van der Waals surface area (Å²) in [6.07, 6.45) is 5.08. The van der Waals surface area contributed by atoms with Crippen LogP contribution in [-0.2, 0) is 0 Å². The predicted molar refractivity (Wildman–Crippen MR) is 44.4 cm³/mol. The van der Waals surface area contributed by atoms with Gasteiger partial charge in [0, 0.05) is 11.5 Å². The van der Waals surface area contributed by atoms with Gasteiger partial charge in [-0.3, -0.25) is 0 Å². The first kappa shape index (κ1) is 7.56. The van der Waals surface area contributed by atoms with Crippen LogP contribution >= 0.6 is 0 Å². The summed E-state index contributed by atoms with van der Waals surface area (Å²) in [6.45, 7) is 1.59. The highest BCUT2D eigenvalue weighted by molar-refractivity contribution is 5.01. The van der Waals surface area contributed by atoms with Crippen molar-refractivity contribution in [2.45, 2.75) is 31.7 Å². The molecule has 1 aliphatic heterocycles. The van der Waals surface area contributed by atoms with E-state index in [-0.39, 0.29) is 0 Å². The van der Waals surface area contributed by atoms with Crippen LogP contribution < -0.4 is 0 Å². The lowest BCUT2D eigenvalue weighted by Crippen LogP contribution is -2.35. The van der Waals surface area contributed by atoms with E-state index in [2.05, 4.69) is 11.9 Å². The monoisotopic (exact) mass is 155 g/mol. The Hall–Kier alpha value is -0.0800. The minimum Gasteiger partial charge on any atom is -0.396 e. The van der Waals surface area contributed by atoms with E-state index < -0.39 is 0 Å². The lowest BCUT2D eigenvalue weighted by Gasteiger charge is -2.28. The molecular weight excluding hydrogens is 138 g/mol. The Labute approximate surface area is 68.2 Å². The van der Waals surface area contributed by atoms with Crippen molar-refractivity contribution in [2.24, 2.45) is 5.41 Å². The normalized spacial score (nSPS) is 44.7. The van der Waals surface area contributed by atoms with Gasteiger partial charge in [0.1, 0.15) is 0 Å². The van der Waals surface area contributed by atoms with Crippen molar-refractivity contribution < 1.29 is 5.11 Å². The Bertz CT molecular complexity index is 160. The number of hydrogen-bond acceptors (Lipinski definition) is 2. The molecule has 2 heteroatoms. The Balaban J connectivity index is 2.18. The summed E-state index contributed by atoms with van der Waals surface area (Å²) in [6, 6.07) is 0.687. The Morgan fingerprint density at radius 3 is 3.00 bits per heavy atom. The molecule has 2 aliphatic rings. The number of aliphatic hydroxyl groups excluding tert-OH is 1. The van der Waals surface area contributed by atoms with Crippen LogP contribution in [0.5, 0.6) is 0 Å². The lowest BCUT2D eigenvalue weighted by atomic mass is 9.83. The second-order valence-electron chi connectivity index (χ2n) is 4.16. The van der Waals surface area contributed by atoms with Gasteiger partial charge in [-0.15, -0.1) is 0 Å². The third kappa shape index (κ3) is 0.926. The van der Waals surface area contributed by atoms with Gasteiger partial charge in [0.05, 0.1) is 6.61 Å². The molecule has 1 aliphatic carbocycles. The molecule has 11 heavy (non-hydrogen) atoms. The number of aliphatic hydroxyl groups is 1. The zero-order valence-electron chi connectivity index (χ0n) is 7.21. The molecule has 1 saturated heterocycles. The van der Waals surface area contributed by atoms with Crippen molar-refractivity contribution in [3.63, 3.8) is 0 Å². The molecule has 0 spiro atoms. The van der Waals surface area contributed by atoms with Crippen LogP contribution in [0.4, 0.5) is 0 Å². The van der Waals surface area contributed by atoms with Crippen molar-refractivity contribution in [2.75, 3.05) is 20.2 Å². The van der Waals surface area contributed by atoms with E-state index >= 15 is 0 Å². The van der Waals surface area contributed by atoms with E-state index in [4.69, 9.17) is 0 Å². The zero-order valence-corrected chi connectivity index (χ0v) is 7.21. The fourth-order valence-corrected chi connectivity index (χ4v) is 2.92. The molecule has 0 aromatic carbocycles. The van der Waals surface area contributed by atoms with Gasteiger partial charge in [0.15, 0.2) is 0 Å². The summed E-state index contributed by atoms with van der Waals surface area (Å²) in [5.41, 5.74) is 0.300. The SMILES string of the molecule is CN1CC[C@@]2(CO)CCC[C@@H]12. The van der Waals surface area contributed by atoms with E-state index in [1.165, 1.54) is 32.2 Å². The third-order valence-electron chi connectivity index (χ3n) is 3.67. The lowest BCUT2D eigenvalue weighted by molar-refractivity contribution is 0.107. The molecule has 0 amide bonds. The number of nitrogens with zero attached hydrogens (tertiary/aromatic N) is 1. The van der Waals surface area contributed by atoms with Gasteiger partial charge in [-0.2, -0.15) is 0 Å². The van der Waals surface area contributed by atoms with Crippen molar-refractivity contribution >= 4 is 0 Å². The van der Waals surface area contributed by atoms with Crippen LogP contribution in [0.3, 0.4) is 0 Å². The number of likely N-dealkylation sites (tertiary alicyclic amines) is 1.